The number of Topliss-reactive ketones (excluding diaryl/α,β-unsaturated/α-hetero) is 1. The summed E-state index contributed by atoms with van der Waals surface area (Å²) < 4.78 is 26.8. The summed E-state index contributed by atoms with van der Waals surface area (Å²) in [5.41, 5.74) is 0.570. The first-order chi connectivity index (χ1) is 18.7. The summed E-state index contributed by atoms with van der Waals surface area (Å²) in [4.78, 5) is 24.6. The Morgan fingerprint density at radius 2 is 1.15 bits per heavy atom. The van der Waals surface area contributed by atoms with Crippen molar-refractivity contribution in [2.24, 2.45) is 0 Å². The molecule has 10 atom stereocenters. The number of benzene rings is 2. The fourth-order valence-electron chi connectivity index (χ4n) is 4.05. The molecule has 2 unspecified atom stereocenters. The largest absolute Gasteiger partial charge is 0.459 e. The van der Waals surface area contributed by atoms with Crippen LogP contribution in [0.4, 0.5) is 0 Å². The molecule has 13 heteroatoms. The Kier molecular flexibility index (Phi) is 9.74. The number of carbonyl (C=O) groups excluding carboxylic acids is 2. The molecule has 2 aliphatic rings. The average molecular weight is 551 g/mol. The van der Waals surface area contributed by atoms with Crippen LogP contribution in [0.15, 0.2) is 60.7 Å². The van der Waals surface area contributed by atoms with E-state index in [1.54, 1.807) is 48.5 Å². The van der Waals surface area contributed by atoms with Crippen molar-refractivity contribution in [3.8, 4) is 0 Å². The third-order valence-corrected chi connectivity index (χ3v) is 6.33. The van der Waals surface area contributed by atoms with Crippen LogP contribution in [0, 0.1) is 0 Å². The lowest BCUT2D eigenvalue weighted by molar-refractivity contribution is -0.397. The van der Waals surface area contributed by atoms with Gasteiger partial charge in [-0.1, -0.05) is 48.5 Å². The van der Waals surface area contributed by atoms with Crippen molar-refractivity contribution in [2.75, 3.05) is 13.2 Å². The van der Waals surface area contributed by atoms with Crippen LogP contribution in [-0.2, 0) is 23.7 Å². The number of rotatable bonds is 9. The van der Waals surface area contributed by atoms with Crippen molar-refractivity contribution in [1.29, 1.82) is 0 Å². The van der Waals surface area contributed by atoms with Crippen LogP contribution in [0.2, 0.25) is 0 Å². The first-order valence-electron chi connectivity index (χ1n) is 12.1. The maximum absolute atomic E-state index is 12.3. The zero-order valence-corrected chi connectivity index (χ0v) is 20.5. The molecular weight excluding hydrogens is 520 g/mol. The van der Waals surface area contributed by atoms with Gasteiger partial charge in [0.05, 0.1) is 5.56 Å². The second-order valence-corrected chi connectivity index (χ2v) is 9.06. The van der Waals surface area contributed by atoms with Crippen molar-refractivity contribution in [1.82, 2.24) is 0 Å². The number of carbonyl (C=O) groups is 2. The summed E-state index contributed by atoms with van der Waals surface area (Å²) in [6.45, 7) is -1.06. The van der Waals surface area contributed by atoms with E-state index in [2.05, 4.69) is 0 Å². The molecule has 13 nitrogen and oxygen atoms in total. The van der Waals surface area contributed by atoms with Gasteiger partial charge in [0, 0.05) is 5.56 Å². The van der Waals surface area contributed by atoms with Gasteiger partial charge in [-0.2, -0.15) is 0 Å². The van der Waals surface area contributed by atoms with Crippen molar-refractivity contribution in [2.45, 2.75) is 61.6 Å². The molecule has 212 valence electrons. The smallest absolute Gasteiger partial charge is 0.338 e. The van der Waals surface area contributed by atoms with Gasteiger partial charge >= 0.3 is 5.97 Å². The van der Waals surface area contributed by atoms with Crippen LogP contribution in [0.5, 0.6) is 0 Å². The fraction of sp³-hybridized carbons (Fsp3) is 0.462. The normalized spacial score (nSPS) is 34.8. The molecule has 2 saturated heterocycles. The third-order valence-electron chi connectivity index (χ3n) is 6.33. The summed E-state index contributed by atoms with van der Waals surface area (Å²) in [5.74, 6) is -1.17. The number of aliphatic hydroxyl groups excluding tert-OH is 6. The predicted octanol–water partition coefficient (Wildman–Crippen LogP) is -1.67. The van der Waals surface area contributed by atoms with Gasteiger partial charge in [-0.25, -0.2) is 4.79 Å². The van der Waals surface area contributed by atoms with E-state index >= 15 is 0 Å². The molecule has 6 N–H and O–H groups in total. The standard InChI is InChI=1S/C26H30O13/c27-15(13-7-3-1-4-8-13)11-36-24-20(31)19(30)22(33)26(38-24)39-25-21(32)18(29)17(28)16(37-25)12-35-23(34)14-9-5-2-6-10-14/h1-10,16-22,24-26,28-33H,11-12H2/t16?,17-,18+,19+,20+,21-,22-,24+,25-,26?/m1/s1. The molecular formula is C26H30O13. The summed E-state index contributed by atoms with van der Waals surface area (Å²) >= 11 is 0. The highest BCUT2D eigenvalue weighted by atomic mass is 16.8. The summed E-state index contributed by atoms with van der Waals surface area (Å²) in [5, 5.41) is 62.0. The van der Waals surface area contributed by atoms with Crippen molar-refractivity contribution in [3.63, 3.8) is 0 Å². The molecule has 0 bridgehead atoms. The molecule has 2 heterocycles. The van der Waals surface area contributed by atoms with Gasteiger partial charge in [0.25, 0.3) is 0 Å². The quantitative estimate of drug-likeness (QED) is 0.153. The Labute approximate surface area is 222 Å². The lowest BCUT2D eigenvalue weighted by Crippen LogP contribution is -2.63. The van der Waals surface area contributed by atoms with Gasteiger partial charge in [-0.05, 0) is 12.1 Å². The van der Waals surface area contributed by atoms with E-state index in [0.29, 0.717) is 5.56 Å². The molecule has 2 aliphatic heterocycles. The Morgan fingerprint density at radius 1 is 0.641 bits per heavy atom. The molecule has 0 amide bonds. The van der Waals surface area contributed by atoms with E-state index in [1.165, 1.54) is 12.1 Å². The zero-order chi connectivity index (χ0) is 28.1. The van der Waals surface area contributed by atoms with Crippen LogP contribution >= 0.6 is 0 Å². The Morgan fingerprint density at radius 3 is 1.77 bits per heavy atom. The SMILES string of the molecule is O=C(CO[C@H]1OC(O[C@H]2OC(COC(=O)c3ccccc3)[C@@H](O)[C@H](O)[C@H]2O)[C@H](O)[C@@H](O)[C@@H]1O)c1ccccc1. The van der Waals surface area contributed by atoms with Crippen molar-refractivity contribution < 1.29 is 63.9 Å². The molecule has 2 aromatic carbocycles. The predicted molar refractivity (Wildman–Crippen MR) is 128 cm³/mol. The number of hydrogen-bond acceptors (Lipinski definition) is 13. The van der Waals surface area contributed by atoms with E-state index in [-0.39, 0.29) is 5.56 Å². The average Bonchev–Trinajstić information content (AvgIpc) is 2.96. The molecule has 0 saturated carbocycles. The summed E-state index contributed by atoms with van der Waals surface area (Å²) in [7, 11) is 0. The number of aliphatic hydroxyl groups is 6. The Hall–Kier alpha value is -2.82. The topological polar surface area (TPSA) is 202 Å². The van der Waals surface area contributed by atoms with Crippen LogP contribution in [-0.4, -0.2) is 117 Å². The minimum Gasteiger partial charge on any atom is -0.459 e. The minimum atomic E-state index is -1.86. The van der Waals surface area contributed by atoms with Gasteiger partial charge < -0.3 is 54.3 Å². The highest BCUT2D eigenvalue weighted by molar-refractivity contribution is 5.97. The zero-order valence-electron chi connectivity index (χ0n) is 20.5. The highest BCUT2D eigenvalue weighted by Crippen LogP contribution is 2.29. The van der Waals surface area contributed by atoms with Gasteiger partial charge in [0.1, 0.15) is 55.9 Å². The number of esters is 1. The monoisotopic (exact) mass is 550 g/mol. The van der Waals surface area contributed by atoms with Crippen molar-refractivity contribution >= 4 is 11.8 Å². The highest BCUT2D eigenvalue weighted by Gasteiger charge is 2.50. The molecule has 39 heavy (non-hydrogen) atoms. The van der Waals surface area contributed by atoms with Gasteiger partial charge in [-0.3, -0.25) is 4.79 Å². The lowest BCUT2D eigenvalue weighted by atomic mass is 9.99. The first-order valence-corrected chi connectivity index (χ1v) is 12.1. The second-order valence-electron chi connectivity index (χ2n) is 9.06. The minimum absolute atomic E-state index is 0.235. The molecule has 0 radical (unpaired) electrons. The fourth-order valence-corrected chi connectivity index (χ4v) is 4.05. The summed E-state index contributed by atoms with van der Waals surface area (Å²) in [6, 6.07) is 16.1. The maximum Gasteiger partial charge on any atom is 0.338 e. The Bertz CT molecular complexity index is 998. The summed E-state index contributed by atoms with van der Waals surface area (Å²) in [6.07, 6.45) is -17.3. The number of hydrogen-bond donors (Lipinski definition) is 6. The van der Waals surface area contributed by atoms with E-state index in [4.69, 9.17) is 23.7 Å². The van der Waals surface area contributed by atoms with Crippen LogP contribution in [0.25, 0.3) is 0 Å². The molecule has 4 rings (SSSR count). The lowest BCUT2D eigenvalue weighted by Gasteiger charge is -2.44. The number of ketones is 1. The van der Waals surface area contributed by atoms with Crippen LogP contribution in [0.1, 0.15) is 20.7 Å². The first kappa shape index (κ1) is 29.2. The number of ether oxygens (including phenoxy) is 5. The van der Waals surface area contributed by atoms with Gasteiger partial charge in [-0.15, -0.1) is 0 Å². The van der Waals surface area contributed by atoms with E-state index < -0.39 is 86.6 Å². The van der Waals surface area contributed by atoms with E-state index in [9.17, 15) is 40.2 Å². The molecule has 2 aromatic rings. The van der Waals surface area contributed by atoms with Crippen LogP contribution < -0.4 is 0 Å². The van der Waals surface area contributed by atoms with Gasteiger partial charge in [0.2, 0.25) is 0 Å². The molecule has 0 spiro atoms. The van der Waals surface area contributed by atoms with Crippen molar-refractivity contribution in [3.05, 3.63) is 71.8 Å². The van der Waals surface area contributed by atoms with Crippen LogP contribution in [0.3, 0.4) is 0 Å². The van der Waals surface area contributed by atoms with E-state index in [0.717, 1.165) is 0 Å². The third kappa shape index (κ3) is 6.85. The maximum atomic E-state index is 12.3. The molecule has 0 aromatic heterocycles. The van der Waals surface area contributed by atoms with Gasteiger partial charge in [0.15, 0.2) is 24.7 Å². The Balaban J connectivity index is 1.38. The van der Waals surface area contributed by atoms with E-state index in [1.807, 2.05) is 0 Å². The molecule has 2 fully saturated rings. The molecule has 0 aliphatic carbocycles. The second kappa shape index (κ2) is 13.0.